The standard InChI is InChI=1S/C11H15NO2/c1-9-2-3-11(12-8-9)14-10-4-6-13-7-5-10/h2-3,8,10H,4-7H2,1H3. The van der Waals surface area contributed by atoms with Gasteiger partial charge in [-0.15, -0.1) is 0 Å². The summed E-state index contributed by atoms with van der Waals surface area (Å²) in [5.41, 5.74) is 1.16. The summed E-state index contributed by atoms with van der Waals surface area (Å²) in [7, 11) is 0. The van der Waals surface area contributed by atoms with Crippen molar-refractivity contribution in [2.24, 2.45) is 0 Å². The Balaban J connectivity index is 1.92. The quantitative estimate of drug-likeness (QED) is 0.719. The summed E-state index contributed by atoms with van der Waals surface area (Å²) in [6, 6.07) is 3.94. The summed E-state index contributed by atoms with van der Waals surface area (Å²) in [6.45, 7) is 3.62. The smallest absolute Gasteiger partial charge is 0.213 e. The van der Waals surface area contributed by atoms with Crippen LogP contribution in [0.15, 0.2) is 18.3 Å². The molecule has 0 saturated carbocycles. The van der Waals surface area contributed by atoms with Gasteiger partial charge in [0, 0.05) is 25.1 Å². The van der Waals surface area contributed by atoms with Crippen molar-refractivity contribution in [3.05, 3.63) is 23.9 Å². The van der Waals surface area contributed by atoms with Crippen molar-refractivity contribution in [1.82, 2.24) is 4.98 Å². The molecule has 0 spiro atoms. The topological polar surface area (TPSA) is 31.4 Å². The molecule has 0 amide bonds. The fourth-order valence-electron chi connectivity index (χ4n) is 1.49. The van der Waals surface area contributed by atoms with E-state index in [0.717, 1.165) is 37.5 Å². The molecule has 2 heterocycles. The Morgan fingerprint density at radius 3 is 2.79 bits per heavy atom. The molecule has 0 radical (unpaired) electrons. The Labute approximate surface area is 84.1 Å². The van der Waals surface area contributed by atoms with E-state index in [-0.39, 0.29) is 6.10 Å². The minimum absolute atomic E-state index is 0.277. The van der Waals surface area contributed by atoms with E-state index in [0.29, 0.717) is 0 Å². The number of hydrogen-bond acceptors (Lipinski definition) is 3. The zero-order chi connectivity index (χ0) is 9.80. The first kappa shape index (κ1) is 9.46. The molecular formula is C11H15NO2. The second-order valence-corrected chi connectivity index (χ2v) is 3.60. The molecule has 0 aromatic carbocycles. The lowest BCUT2D eigenvalue weighted by atomic mass is 10.1. The lowest BCUT2D eigenvalue weighted by Gasteiger charge is -2.22. The molecule has 3 nitrogen and oxygen atoms in total. The third-order valence-electron chi connectivity index (χ3n) is 2.34. The molecule has 1 saturated heterocycles. The van der Waals surface area contributed by atoms with Crippen LogP contribution in [0.4, 0.5) is 0 Å². The third kappa shape index (κ3) is 2.45. The van der Waals surface area contributed by atoms with E-state index < -0.39 is 0 Å². The second kappa shape index (κ2) is 4.42. The molecule has 1 aliphatic heterocycles. The number of nitrogens with zero attached hydrogens (tertiary/aromatic N) is 1. The molecule has 0 aliphatic carbocycles. The van der Waals surface area contributed by atoms with Gasteiger partial charge in [-0.2, -0.15) is 0 Å². The Kier molecular flexibility index (Phi) is 2.99. The van der Waals surface area contributed by atoms with Crippen molar-refractivity contribution in [2.45, 2.75) is 25.9 Å². The van der Waals surface area contributed by atoms with Crippen LogP contribution in [0.3, 0.4) is 0 Å². The number of pyridine rings is 1. The number of hydrogen-bond donors (Lipinski definition) is 0. The highest BCUT2D eigenvalue weighted by molar-refractivity contribution is 5.16. The van der Waals surface area contributed by atoms with Gasteiger partial charge in [0.25, 0.3) is 0 Å². The van der Waals surface area contributed by atoms with Crippen molar-refractivity contribution in [2.75, 3.05) is 13.2 Å². The van der Waals surface area contributed by atoms with Crippen molar-refractivity contribution in [3.8, 4) is 5.88 Å². The third-order valence-corrected chi connectivity index (χ3v) is 2.34. The van der Waals surface area contributed by atoms with Crippen LogP contribution in [-0.4, -0.2) is 24.3 Å². The summed E-state index contributed by atoms with van der Waals surface area (Å²) >= 11 is 0. The molecular weight excluding hydrogens is 178 g/mol. The molecule has 0 N–H and O–H groups in total. The normalized spacial score (nSPS) is 18.1. The molecule has 76 valence electrons. The zero-order valence-electron chi connectivity index (χ0n) is 8.40. The minimum atomic E-state index is 0.277. The monoisotopic (exact) mass is 193 g/mol. The number of ether oxygens (including phenoxy) is 2. The Hall–Kier alpha value is -1.09. The lowest BCUT2D eigenvalue weighted by Crippen LogP contribution is -2.26. The van der Waals surface area contributed by atoms with Gasteiger partial charge in [-0.05, 0) is 12.5 Å². The van der Waals surface area contributed by atoms with Crippen LogP contribution >= 0.6 is 0 Å². The van der Waals surface area contributed by atoms with Gasteiger partial charge in [-0.3, -0.25) is 0 Å². The molecule has 0 bridgehead atoms. The van der Waals surface area contributed by atoms with E-state index in [1.807, 2.05) is 25.3 Å². The van der Waals surface area contributed by atoms with Crippen molar-refractivity contribution < 1.29 is 9.47 Å². The minimum Gasteiger partial charge on any atom is -0.474 e. The highest BCUT2D eigenvalue weighted by atomic mass is 16.5. The Bertz CT molecular complexity index is 278. The fourth-order valence-corrected chi connectivity index (χ4v) is 1.49. The van der Waals surface area contributed by atoms with Crippen molar-refractivity contribution in [1.29, 1.82) is 0 Å². The van der Waals surface area contributed by atoms with Gasteiger partial charge in [0.2, 0.25) is 5.88 Å². The first-order chi connectivity index (χ1) is 6.84. The summed E-state index contributed by atoms with van der Waals surface area (Å²) in [5, 5.41) is 0. The fraction of sp³-hybridized carbons (Fsp3) is 0.545. The average molecular weight is 193 g/mol. The summed E-state index contributed by atoms with van der Waals surface area (Å²) in [5.74, 6) is 0.725. The van der Waals surface area contributed by atoms with Crippen LogP contribution in [0.2, 0.25) is 0 Å². The lowest BCUT2D eigenvalue weighted by molar-refractivity contribution is 0.0237. The van der Waals surface area contributed by atoms with E-state index in [4.69, 9.17) is 9.47 Å². The first-order valence-electron chi connectivity index (χ1n) is 5.01. The van der Waals surface area contributed by atoms with Gasteiger partial charge in [-0.1, -0.05) is 6.07 Å². The molecule has 0 unspecified atom stereocenters. The summed E-state index contributed by atoms with van der Waals surface area (Å²) in [6.07, 6.45) is 4.04. The van der Waals surface area contributed by atoms with E-state index in [1.165, 1.54) is 0 Å². The zero-order valence-corrected chi connectivity index (χ0v) is 8.40. The van der Waals surface area contributed by atoms with Crippen LogP contribution in [0.5, 0.6) is 5.88 Å². The van der Waals surface area contributed by atoms with Gasteiger partial charge in [0.15, 0.2) is 0 Å². The predicted octanol–water partition coefficient (Wildman–Crippen LogP) is 1.95. The predicted molar refractivity (Wildman–Crippen MR) is 53.4 cm³/mol. The van der Waals surface area contributed by atoms with Gasteiger partial charge >= 0.3 is 0 Å². The maximum Gasteiger partial charge on any atom is 0.213 e. The second-order valence-electron chi connectivity index (χ2n) is 3.60. The van der Waals surface area contributed by atoms with Crippen LogP contribution in [0.1, 0.15) is 18.4 Å². The molecule has 14 heavy (non-hydrogen) atoms. The number of aromatic nitrogens is 1. The first-order valence-corrected chi connectivity index (χ1v) is 5.01. The number of rotatable bonds is 2. The van der Waals surface area contributed by atoms with Gasteiger partial charge in [0.1, 0.15) is 6.10 Å². The SMILES string of the molecule is Cc1ccc(OC2CCOCC2)nc1. The highest BCUT2D eigenvalue weighted by Crippen LogP contribution is 2.15. The Morgan fingerprint density at radius 1 is 1.36 bits per heavy atom. The average Bonchev–Trinajstić information content (AvgIpc) is 2.23. The maximum atomic E-state index is 5.72. The molecule has 0 atom stereocenters. The largest absolute Gasteiger partial charge is 0.474 e. The molecule has 2 rings (SSSR count). The van der Waals surface area contributed by atoms with Gasteiger partial charge in [0.05, 0.1) is 13.2 Å². The van der Waals surface area contributed by atoms with Crippen molar-refractivity contribution >= 4 is 0 Å². The maximum absolute atomic E-state index is 5.72. The highest BCUT2D eigenvalue weighted by Gasteiger charge is 2.15. The van der Waals surface area contributed by atoms with E-state index >= 15 is 0 Å². The summed E-state index contributed by atoms with van der Waals surface area (Å²) < 4.78 is 11.0. The van der Waals surface area contributed by atoms with Crippen molar-refractivity contribution in [3.63, 3.8) is 0 Å². The molecule has 1 aromatic heterocycles. The molecule has 1 aromatic rings. The molecule has 3 heteroatoms. The summed E-state index contributed by atoms with van der Waals surface area (Å²) in [4.78, 5) is 4.21. The van der Waals surface area contributed by atoms with E-state index in [1.54, 1.807) is 0 Å². The van der Waals surface area contributed by atoms with Crippen LogP contribution < -0.4 is 4.74 Å². The van der Waals surface area contributed by atoms with E-state index in [9.17, 15) is 0 Å². The molecule has 1 aliphatic rings. The van der Waals surface area contributed by atoms with Gasteiger partial charge in [-0.25, -0.2) is 4.98 Å². The number of aryl methyl sites for hydroxylation is 1. The molecule has 1 fully saturated rings. The Morgan fingerprint density at radius 2 is 2.14 bits per heavy atom. The van der Waals surface area contributed by atoms with Crippen LogP contribution in [-0.2, 0) is 4.74 Å². The van der Waals surface area contributed by atoms with Gasteiger partial charge < -0.3 is 9.47 Å². The van der Waals surface area contributed by atoms with Crippen LogP contribution in [0.25, 0.3) is 0 Å². The van der Waals surface area contributed by atoms with E-state index in [2.05, 4.69) is 4.98 Å². The van der Waals surface area contributed by atoms with Crippen LogP contribution in [0, 0.1) is 6.92 Å².